The number of H-pyrrole nitrogens is 1. The SMILES string of the molecule is CCC1=C(CC)/C2=C/C3NC(/C=c4\[nH]/c(c(CC)c4CC)=C\C4=NC(=C\C1=N2)/C(CC)C4CC)C(CC)C3CC. The molecule has 40 heavy (non-hydrogen) atoms. The van der Waals surface area contributed by atoms with Crippen molar-refractivity contribution in [3.05, 3.63) is 56.5 Å². The fourth-order valence-corrected chi connectivity index (χ4v) is 8.40. The lowest BCUT2D eigenvalue weighted by molar-refractivity contribution is 0.356. The molecule has 1 fully saturated rings. The lowest BCUT2D eigenvalue weighted by Gasteiger charge is -2.21. The molecule has 1 saturated heterocycles. The third-order valence-corrected chi connectivity index (χ3v) is 10.4. The third-order valence-electron chi connectivity index (χ3n) is 10.4. The van der Waals surface area contributed by atoms with Crippen LogP contribution in [0, 0.1) is 23.7 Å². The minimum Gasteiger partial charge on any atom is -0.355 e. The number of fused-ring (bicyclic) bond motifs is 6. The zero-order valence-electron chi connectivity index (χ0n) is 26.3. The van der Waals surface area contributed by atoms with E-state index >= 15 is 0 Å². The van der Waals surface area contributed by atoms with Crippen LogP contribution in [0.25, 0.3) is 12.2 Å². The number of hydrogen-bond donors (Lipinski definition) is 2. The number of nitrogens with zero attached hydrogens (tertiary/aromatic N) is 2. The zero-order valence-corrected chi connectivity index (χ0v) is 26.3. The number of aromatic amines is 1. The first-order chi connectivity index (χ1) is 19.5. The molecule has 8 bridgehead atoms. The molecule has 0 amide bonds. The van der Waals surface area contributed by atoms with E-state index in [4.69, 9.17) is 9.98 Å². The summed E-state index contributed by atoms with van der Waals surface area (Å²) in [5.41, 5.74) is 10.6. The summed E-state index contributed by atoms with van der Waals surface area (Å²) in [5, 5.41) is 6.67. The van der Waals surface area contributed by atoms with Gasteiger partial charge in [0.2, 0.25) is 0 Å². The summed E-state index contributed by atoms with van der Waals surface area (Å²) in [6.45, 7) is 18.6. The number of hydrogen-bond acceptors (Lipinski definition) is 3. The Morgan fingerprint density at radius 3 is 1.82 bits per heavy atom. The Hall–Kier alpha value is -2.46. The molecule has 4 nitrogen and oxygen atoms in total. The number of rotatable bonds is 8. The smallest absolute Gasteiger partial charge is 0.0690 e. The summed E-state index contributed by atoms with van der Waals surface area (Å²) in [6.07, 6.45) is 18.4. The number of aromatic nitrogens is 1. The average molecular weight is 541 g/mol. The maximum Gasteiger partial charge on any atom is 0.0690 e. The van der Waals surface area contributed by atoms with Crippen molar-refractivity contribution >= 4 is 23.6 Å². The van der Waals surface area contributed by atoms with Gasteiger partial charge in [0.15, 0.2) is 0 Å². The summed E-state index contributed by atoms with van der Waals surface area (Å²) in [4.78, 5) is 14.6. The lowest BCUT2D eigenvalue weighted by atomic mass is 9.82. The Morgan fingerprint density at radius 2 is 1.25 bits per heavy atom. The Labute approximate surface area is 242 Å². The van der Waals surface area contributed by atoms with Gasteiger partial charge >= 0.3 is 0 Å². The molecule has 4 heteroatoms. The molecule has 0 radical (unpaired) electrons. The number of aliphatic imine (C=N–C) groups is 2. The van der Waals surface area contributed by atoms with Crippen LogP contribution < -0.4 is 16.0 Å². The van der Waals surface area contributed by atoms with E-state index in [1.54, 1.807) is 0 Å². The van der Waals surface area contributed by atoms with Gasteiger partial charge in [0.1, 0.15) is 0 Å². The maximum absolute atomic E-state index is 5.37. The molecule has 0 aliphatic carbocycles. The van der Waals surface area contributed by atoms with Crippen LogP contribution in [0.2, 0.25) is 0 Å². The molecule has 1 aromatic heterocycles. The molecular formula is C36H52N4. The van der Waals surface area contributed by atoms with E-state index in [0.717, 1.165) is 44.2 Å². The zero-order chi connectivity index (χ0) is 28.6. The van der Waals surface area contributed by atoms with Crippen molar-refractivity contribution in [3.8, 4) is 0 Å². The van der Waals surface area contributed by atoms with Gasteiger partial charge < -0.3 is 10.3 Å². The fraction of sp³-hybridized carbons (Fsp3) is 0.611. The van der Waals surface area contributed by atoms with Crippen LogP contribution in [0.3, 0.4) is 0 Å². The van der Waals surface area contributed by atoms with Gasteiger partial charge in [-0.3, -0.25) is 4.99 Å². The summed E-state index contributed by atoms with van der Waals surface area (Å²) in [5.74, 6) is 2.09. The number of allylic oxidation sites excluding steroid dienone is 4. The monoisotopic (exact) mass is 540 g/mol. The normalized spacial score (nSPS) is 33.9. The molecule has 5 rings (SSSR count). The van der Waals surface area contributed by atoms with Crippen molar-refractivity contribution in [2.45, 2.75) is 119 Å². The van der Waals surface area contributed by atoms with Crippen molar-refractivity contribution in [2.24, 2.45) is 33.7 Å². The van der Waals surface area contributed by atoms with E-state index in [1.165, 1.54) is 62.9 Å². The first-order valence-corrected chi connectivity index (χ1v) is 16.5. The second-order valence-electron chi connectivity index (χ2n) is 12.1. The minimum atomic E-state index is 0.329. The molecule has 6 unspecified atom stereocenters. The predicted molar refractivity (Wildman–Crippen MR) is 172 cm³/mol. The second kappa shape index (κ2) is 12.2. The van der Waals surface area contributed by atoms with Gasteiger partial charge in [-0.2, -0.15) is 0 Å². The minimum absolute atomic E-state index is 0.329. The van der Waals surface area contributed by atoms with Crippen molar-refractivity contribution < 1.29 is 0 Å². The number of nitrogens with one attached hydrogen (secondary N) is 2. The molecule has 216 valence electrons. The van der Waals surface area contributed by atoms with Crippen LogP contribution in [0.15, 0.2) is 44.7 Å². The van der Waals surface area contributed by atoms with Crippen molar-refractivity contribution in [1.82, 2.24) is 10.3 Å². The third kappa shape index (κ3) is 4.85. The van der Waals surface area contributed by atoms with E-state index in [2.05, 4.69) is 90.0 Å². The molecule has 0 spiro atoms. The summed E-state index contributed by atoms with van der Waals surface area (Å²) < 4.78 is 0. The van der Waals surface area contributed by atoms with E-state index in [0.29, 0.717) is 35.8 Å². The van der Waals surface area contributed by atoms with E-state index in [-0.39, 0.29) is 0 Å². The highest BCUT2D eigenvalue weighted by Gasteiger charge is 2.40. The molecule has 0 saturated carbocycles. The highest BCUT2D eigenvalue weighted by atomic mass is 15.0. The standard InChI is InChI=1S/C36H52N4/c1-9-21-22(10-2)30-18-32-25(13-5)26(14-6)34(39-32)20-36-28(16-8)27(15-7)35(40-36)19-33-24(12-4)23(11-3)31(38-33)17-29(21)37-30/h17-22,27-30,37-38H,9-16H2,1-8H3/b31-17-,32-18-,33-19-,36-20-. The Bertz CT molecular complexity index is 1390. The van der Waals surface area contributed by atoms with Gasteiger partial charge in [-0.25, -0.2) is 4.99 Å². The van der Waals surface area contributed by atoms with Crippen LogP contribution >= 0.6 is 0 Å². The van der Waals surface area contributed by atoms with E-state index in [9.17, 15) is 0 Å². The second-order valence-corrected chi connectivity index (χ2v) is 12.1. The highest BCUT2D eigenvalue weighted by molar-refractivity contribution is 6.16. The van der Waals surface area contributed by atoms with Crippen LogP contribution in [0.1, 0.15) is 105 Å². The predicted octanol–water partition coefficient (Wildman–Crippen LogP) is 6.95. The largest absolute Gasteiger partial charge is 0.355 e. The molecule has 1 aromatic rings. The lowest BCUT2D eigenvalue weighted by Crippen LogP contribution is -2.31. The molecular weight excluding hydrogens is 488 g/mol. The summed E-state index contributed by atoms with van der Waals surface area (Å²) in [6, 6.07) is 0.675. The van der Waals surface area contributed by atoms with Crippen molar-refractivity contribution in [3.63, 3.8) is 0 Å². The van der Waals surface area contributed by atoms with Crippen LogP contribution in [0.4, 0.5) is 0 Å². The van der Waals surface area contributed by atoms with Gasteiger partial charge in [-0.15, -0.1) is 0 Å². The highest BCUT2D eigenvalue weighted by Crippen LogP contribution is 2.40. The van der Waals surface area contributed by atoms with Crippen molar-refractivity contribution in [1.29, 1.82) is 0 Å². The average Bonchev–Trinajstić information content (AvgIpc) is 3.67. The van der Waals surface area contributed by atoms with Gasteiger partial charge in [0, 0.05) is 46.0 Å². The Balaban J connectivity index is 1.81. The quantitative estimate of drug-likeness (QED) is 0.368. The van der Waals surface area contributed by atoms with Gasteiger partial charge in [0.25, 0.3) is 0 Å². The molecule has 4 aliphatic rings. The van der Waals surface area contributed by atoms with Gasteiger partial charge in [-0.05, 0) is 96.9 Å². The molecule has 0 aromatic carbocycles. The molecule has 4 aliphatic heterocycles. The maximum atomic E-state index is 5.37. The van der Waals surface area contributed by atoms with Crippen molar-refractivity contribution in [2.75, 3.05) is 0 Å². The first-order valence-electron chi connectivity index (χ1n) is 16.5. The summed E-state index contributed by atoms with van der Waals surface area (Å²) in [7, 11) is 0. The fourth-order valence-electron chi connectivity index (χ4n) is 8.40. The Kier molecular flexibility index (Phi) is 8.85. The summed E-state index contributed by atoms with van der Waals surface area (Å²) >= 11 is 0. The van der Waals surface area contributed by atoms with Crippen LogP contribution in [0.5, 0.6) is 0 Å². The van der Waals surface area contributed by atoms with Gasteiger partial charge in [-0.1, -0.05) is 68.2 Å². The topological polar surface area (TPSA) is 52.5 Å². The molecule has 5 heterocycles. The molecule has 2 N–H and O–H groups in total. The van der Waals surface area contributed by atoms with Gasteiger partial charge in [0.05, 0.1) is 11.4 Å². The van der Waals surface area contributed by atoms with E-state index in [1.807, 2.05) is 0 Å². The van der Waals surface area contributed by atoms with Crippen LogP contribution in [-0.2, 0) is 12.8 Å². The Morgan fingerprint density at radius 1 is 0.625 bits per heavy atom. The van der Waals surface area contributed by atoms with E-state index < -0.39 is 0 Å². The first kappa shape index (κ1) is 29.0. The molecule has 6 atom stereocenters. The van der Waals surface area contributed by atoms with Crippen LogP contribution in [-0.4, -0.2) is 28.5 Å².